The van der Waals surface area contributed by atoms with E-state index in [-0.39, 0.29) is 23.3 Å². The number of para-hydroxylation sites is 1. The second-order valence-electron chi connectivity index (χ2n) is 6.29. The quantitative estimate of drug-likeness (QED) is 0.878. The molecule has 1 aliphatic heterocycles. The molecule has 25 heavy (non-hydrogen) atoms. The number of aromatic amines is 1. The zero-order valence-electron chi connectivity index (χ0n) is 14.4. The maximum Gasteiger partial charge on any atom is 0.257 e. The number of nitrogens with one attached hydrogen (secondary N) is 1. The Morgan fingerprint density at radius 1 is 1.24 bits per heavy atom. The molecule has 1 saturated heterocycles. The maximum atomic E-state index is 12.5. The molecule has 3 rings (SSSR count). The summed E-state index contributed by atoms with van der Waals surface area (Å²) in [6.45, 7) is 6.28. The van der Waals surface area contributed by atoms with Gasteiger partial charge in [-0.1, -0.05) is 12.1 Å². The molecule has 1 aromatic carbocycles. The third-order valence-electron chi connectivity index (χ3n) is 4.57. The first-order chi connectivity index (χ1) is 12.0. The number of hydrogen-bond acceptors (Lipinski definition) is 5. The van der Waals surface area contributed by atoms with Gasteiger partial charge < -0.3 is 15.0 Å². The molecule has 2 aromatic rings. The number of hydrogen-bond donors (Lipinski definition) is 2. The van der Waals surface area contributed by atoms with Gasteiger partial charge in [0.25, 0.3) is 11.5 Å². The number of aromatic hydroxyl groups is 1. The number of H-pyrrole nitrogens is 1. The number of aryl methyl sites for hydroxylation is 1. The van der Waals surface area contributed by atoms with E-state index in [1.165, 1.54) is 12.1 Å². The molecule has 132 valence electrons. The van der Waals surface area contributed by atoms with Crippen molar-refractivity contribution in [1.29, 1.82) is 0 Å². The first kappa shape index (κ1) is 17.2. The van der Waals surface area contributed by atoms with Gasteiger partial charge in [-0.2, -0.15) is 0 Å². The molecule has 2 N–H and O–H groups in total. The minimum Gasteiger partial charge on any atom is -0.507 e. The van der Waals surface area contributed by atoms with Crippen molar-refractivity contribution >= 4 is 5.91 Å². The van der Waals surface area contributed by atoms with Crippen LogP contribution in [0.3, 0.4) is 0 Å². The smallest absolute Gasteiger partial charge is 0.257 e. The molecule has 1 amide bonds. The standard InChI is InChI=1S/C18H22N4O3/c1-12-11-16(24)20-17(19-12)13(2)21-7-9-22(10-8-21)18(25)14-5-3-4-6-15(14)23/h3-6,11,13,23H,7-10H2,1-2H3,(H,19,20,24). The summed E-state index contributed by atoms with van der Waals surface area (Å²) in [4.78, 5) is 35.3. The van der Waals surface area contributed by atoms with Crippen LogP contribution >= 0.6 is 0 Å². The lowest BCUT2D eigenvalue weighted by molar-refractivity contribution is 0.0572. The van der Waals surface area contributed by atoms with Crippen LogP contribution in [0.1, 0.15) is 34.8 Å². The molecule has 0 aliphatic carbocycles. The first-order valence-corrected chi connectivity index (χ1v) is 8.35. The number of benzene rings is 1. The van der Waals surface area contributed by atoms with E-state index in [1.807, 2.05) is 6.92 Å². The van der Waals surface area contributed by atoms with Gasteiger partial charge in [0.1, 0.15) is 11.6 Å². The van der Waals surface area contributed by atoms with Crippen molar-refractivity contribution in [3.8, 4) is 5.75 Å². The maximum absolute atomic E-state index is 12.5. The van der Waals surface area contributed by atoms with E-state index in [4.69, 9.17) is 0 Å². The lowest BCUT2D eigenvalue weighted by Crippen LogP contribution is -2.49. The number of phenolic OH excluding ortho intramolecular Hbond substituents is 1. The minimum atomic E-state index is -0.160. The highest BCUT2D eigenvalue weighted by molar-refractivity contribution is 5.96. The van der Waals surface area contributed by atoms with Gasteiger partial charge in [0.05, 0.1) is 11.6 Å². The van der Waals surface area contributed by atoms with Crippen LogP contribution in [0.25, 0.3) is 0 Å². The van der Waals surface area contributed by atoms with E-state index < -0.39 is 0 Å². The summed E-state index contributed by atoms with van der Waals surface area (Å²) >= 11 is 0. The minimum absolute atomic E-state index is 0.00448. The number of phenols is 1. The molecule has 1 fully saturated rings. The Hall–Kier alpha value is -2.67. The highest BCUT2D eigenvalue weighted by Crippen LogP contribution is 2.21. The molecule has 0 radical (unpaired) electrons. The number of amides is 1. The SMILES string of the molecule is Cc1cc(=O)[nH]c(C(C)N2CCN(C(=O)c3ccccc3O)CC2)n1. The largest absolute Gasteiger partial charge is 0.507 e. The lowest BCUT2D eigenvalue weighted by atomic mass is 10.1. The third-order valence-corrected chi connectivity index (χ3v) is 4.57. The molecule has 1 atom stereocenters. The summed E-state index contributed by atoms with van der Waals surface area (Å²) in [5.41, 5.74) is 0.871. The zero-order chi connectivity index (χ0) is 18.0. The van der Waals surface area contributed by atoms with Gasteiger partial charge in [-0.25, -0.2) is 4.98 Å². The number of aromatic nitrogens is 2. The molecule has 2 heterocycles. The number of piperazine rings is 1. The Kier molecular flexibility index (Phi) is 4.85. The van der Waals surface area contributed by atoms with Crippen molar-refractivity contribution in [3.63, 3.8) is 0 Å². The Morgan fingerprint density at radius 3 is 2.56 bits per heavy atom. The number of carbonyl (C=O) groups excluding carboxylic acids is 1. The fourth-order valence-corrected chi connectivity index (χ4v) is 3.11. The topological polar surface area (TPSA) is 89.5 Å². The van der Waals surface area contributed by atoms with Crippen LogP contribution in [0.4, 0.5) is 0 Å². The van der Waals surface area contributed by atoms with E-state index in [0.717, 1.165) is 0 Å². The molecular formula is C18H22N4O3. The van der Waals surface area contributed by atoms with Crippen molar-refractivity contribution in [2.45, 2.75) is 19.9 Å². The van der Waals surface area contributed by atoms with Crippen LogP contribution in [0.15, 0.2) is 35.1 Å². The molecule has 7 nitrogen and oxygen atoms in total. The van der Waals surface area contributed by atoms with E-state index >= 15 is 0 Å². The molecule has 1 aromatic heterocycles. The number of nitrogens with zero attached hydrogens (tertiary/aromatic N) is 3. The number of rotatable bonds is 3. The Bertz CT molecular complexity index is 825. The van der Waals surface area contributed by atoms with Crippen molar-refractivity contribution in [3.05, 3.63) is 57.8 Å². The second-order valence-corrected chi connectivity index (χ2v) is 6.29. The van der Waals surface area contributed by atoms with Crippen molar-refractivity contribution < 1.29 is 9.90 Å². The van der Waals surface area contributed by atoms with Crippen LogP contribution in [0.2, 0.25) is 0 Å². The molecule has 1 aliphatic rings. The summed E-state index contributed by atoms with van der Waals surface area (Å²) < 4.78 is 0. The Labute approximate surface area is 145 Å². The van der Waals surface area contributed by atoms with Gasteiger partial charge in [0.15, 0.2) is 0 Å². The monoisotopic (exact) mass is 342 g/mol. The van der Waals surface area contributed by atoms with Crippen LogP contribution in [-0.4, -0.2) is 57.0 Å². The van der Waals surface area contributed by atoms with Gasteiger partial charge in [-0.3, -0.25) is 14.5 Å². The van der Waals surface area contributed by atoms with E-state index in [2.05, 4.69) is 14.9 Å². The van der Waals surface area contributed by atoms with Crippen molar-refractivity contribution in [2.75, 3.05) is 26.2 Å². The Balaban J connectivity index is 1.66. The fraction of sp³-hybridized carbons (Fsp3) is 0.389. The molecule has 0 spiro atoms. The molecule has 0 saturated carbocycles. The van der Waals surface area contributed by atoms with Gasteiger partial charge in [0.2, 0.25) is 0 Å². The zero-order valence-corrected chi connectivity index (χ0v) is 14.4. The van der Waals surface area contributed by atoms with Gasteiger partial charge in [-0.15, -0.1) is 0 Å². The van der Waals surface area contributed by atoms with Crippen LogP contribution in [0, 0.1) is 6.92 Å². The number of carbonyl (C=O) groups is 1. The normalized spacial score (nSPS) is 16.6. The van der Waals surface area contributed by atoms with Crippen LogP contribution < -0.4 is 5.56 Å². The van der Waals surface area contributed by atoms with E-state index in [9.17, 15) is 14.7 Å². The van der Waals surface area contributed by atoms with Gasteiger partial charge in [0, 0.05) is 37.9 Å². The summed E-state index contributed by atoms with van der Waals surface area (Å²) in [6.07, 6.45) is 0. The summed E-state index contributed by atoms with van der Waals surface area (Å²) in [5.74, 6) is 0.489. The third kappa shape index (κ3) is 3.71. The van der Waals surface area contributed by atoms with E-state index in [1.54, 1.807) is 30.0 Å². The summed E-state index contributed by atoms with van der Waals surface area (Å²) in [5, 5.41) is 9.85. The summed E-state index contributed by atoms with van der Waals surface area (Å²) in [6, 6.07) is 8.03. The molecule has 0 bridgehead atoms. The highest BCUT2D eigenvalue weighted by atomic mass is 16.3. The average Bonchev–Trinajstić information content (AvgIpc) is 2.60. The fourth-order valence-electron chi connectivity index (χ4n) is 3.11. The van der Waals surface area contributed by atoms with Crippen LogP contribution in [0.5, 0.6) is 5.75 Å². The highest BCUT2D eigenvalue weighted by Gasteiger charge is 2.27. The van der Waals surface area contributed by atoms with Gasteiger partial charge in [-0.05, 0) is 26.0 Å². The van der Waals surface area contributed by atoms with Gasteiger partial charge >= 0.3 is 0 Å². The van der Waals surface area contributed by atoms with Crippen molar-refractivity contribution in [2.24, 2.45) is 0 Å². The summed E-state index contributed by atoms with van der Waals surface area (Å²) in [7, 11) is 0. The molecule has 1 unspecified atom stereocenters. The van der Waals surface area contributed by atoms with Crippen molar-refractivity contribution in [1.82, 2.24) is 19.8 Å². The van der Waals surface area contributed by atoms with E-state index in [0.29, 0.717) is 43.3 Å². The van der Waals surface area contributed by atoms with Crippen LogP contribution in [-0.2, 0) is 0 Å². The molecule has 7 heteroatoms. The predicted molar refractivity (Wildman–Crippen MR) is 93.6 cm³/mol. The second kappa shape index (κ2) is 7.06. The predicted octanol–water partition coefficient (Wildman–Crippen LogP) is 1.30. The first-order valence-electron chi connectivity index (χ1n) is 8.35. The Morgan fingerprint density at radius 2 is 1.92 bits per heavy atom. The lowest BCUT2D eigenvalue weighted by Gasteiger charge is -2.37. The molecular weight excluding hydrogens is 320 g/mol. The average molecular weight is 342 g/mol.